The van der Waals surface area contributed by atoms with Gasteiger partial charge in [-0.15, -0.1) is 0 Å². The summed E-state index contributed by atoms with van der Waals surface area (Å²) >= 11 is 0. The first-order chi connectivity index (χ1) is 8.00. The van der Waals surface area contributed by atoms with Crippen LogP contribution in [0.5, 0.6) is 0 Å². The maximum Gasteiger partial charge on any atom is 0.240 e. The molecule has 1 heterocycles. The third-order valence-corrected chi connectivity index (χ3v) is 3.35. The molecule has 0 bridgehead atoms. The first-order valence-electron chi connectivity index (χ1n) is 6.06. The molecule has 1 unspecified atom stereocenters. The zero-order valence-corrected chi connectivity index (χ0v) is 10.4. The number of hydrogen-bond donors (Lipinski definition) is 2. The lowest BCUT2D eigenvalue weighted by Crippen LogP contribution is -2.53. The van der Waals surface area contributed by atoms with E-state index in [2.05, 4.69) is 10.4 Å². The molecule has 0 saturated heterocycles. The van der Waals surface area contributed by atoms with Crippen LogP contribution >= 0.6 is 0 Å². The Balaban J connectivity index is 1.76. The van der Waals surface area contributed by atoms with Crippen LogP contribution < -0.4 is 11.1 Å². The van der Waals surface area contributed by atoms with Crippen molar-refractivity contribution in [2.45, 2.75) is 31.7 Å². The molecule has 0 aliphatic heterocycles. The van der Waals surface area contributed by atoms with Crippen molar-refractivity contribution in [1.82, 2.24) is 15.1 Å². The summed E-state index contributed by atoms with van der Waals surface area (Å²) in [5.74, 6) is 0.313. The molecule has 1 aromatic rings. The number of hydrogen-bond acceptors (Lipinski definition) is 3. The van der Waals surface area contributed by atoms with Gasteiger partial charge in [0.15, 0.2) is 0 Å². The zero-order valence-electron chi connectivity index (χ0n) is 10.4. The molecule has 1 saturated carbocycles. The smallest absolute Gasteiger partial charge is 0.240 e. The largest absolute Gasteiger partial charge is 0.354 e. The van der Waals surface area contributed by atoms with Crippen molar-refractivity contribution in [3.05, 3.63) is 18.0 Å². The first-order valence-corrected chi connectivity index (χ1v) is 6.06. The summed E-state index contributed by atoms with van der Waals surface area (Å²) in [5, 5.41) is 7.14. The van der Waals surface area contributed by atoms with Crippen LogP contribution in [0.1, 0.15) is 25.5 Å². The van der Waals surface area contributed by atoms with E-state index < -0.39 is 5.54 Å². The van der Waals surface area contributed by atoms with Gasteiger partial charge in [0, 0.05) is 26.2 Å². The second kappa shape index (κ2) is 4.49. The number of rotatable bonds is 5. The summed E-state index contributed by atoms with van der Waals surface area (Å²) < 4.78 is 1.76. The van der Waals surface area contributed by atoms with Crippen molar-refractivity contribution >= 4 is 5.91 Å². The predicted octanol–water partition coefficient (Wildman–Crippen LogP) is 0.206. The predicted molar refractivity (Wildman–Crippen MR) is 65.2 cm³/mol. The van der Waals surface area contributed by atoms with Crippen molar-refractivity contribution in [2.75, 3.05) is 6.54 Å². The van der Waals surface area contributed by atoms with Gasteiger partial charge in [0.25, 0.3) is 0 Å². The quantitative estimate of drug-likeness (QED) is 0.767. The summed E-state index contributed by atoms with van der Waals surface area (Å²) in [4.78, 5) is 11.9. The Labute approximate surface area is 101 Å². The van der Waals surface area contributed by atoms with Gasteiger partial charge >= 0.3 is 0 Å². The van der Waals surface area contributed by atoms with E-state index in [1.807, 2.05) is 26.2 Å². The Morgan fingerprint density at radius 2 is 2.41 bits per heavy atom. The average molecular weight is 236 g/mol. The van der Waals surface area contributed by atoms with Crippen LogP contribution in [0, 0.1) is 5.92 Å². The molecule has 1 aromatic heterocycles. The average Bonchev–Trinajstić information content (AvgIpc) is 3.04. The summed E-state index contributed by atoms with van der Waals surface area (Å²) in [6.07, 6.45) is 4.78. The van der Waals surface area contributed by atoms with Crippen LogP contribution in [0.25, 0.3) is 0 Å². The number of nitrogens with two attached hydrogens (primary N) is 1. The molecule has 5 nitrogen and oxygen atoms in total. The highest BCUT2D eigenvalue weighted by Gasteiger charge is 2.43. The van der Waals surface area contributed by atoms with Crippen LogP contribution in [0.15, 0.2) is 12.3 Å². The highest BCUT2D eigenvalue weighted by Crippen LogP contribution is 2.37. The Kier molecular flexibility index (Phi) is 3.19. The number of carbonyl (C=O) groups excluding carboxylic acids is 1. The highest BCUT2D eigenvalue weighted by molar-refractivity contribution is 5.86. The zero-order chi connectivity index (χ0) is 12.5. The lowest BCUT2D eigenvalue weighted by atomic mass is 9.96. The number of nitrogens with one attached hydrogen (secondary N) is 1. The molecule has 0 radical (unpaired) electrons. The van der Waals surface area contributed by atoms with Crippen LogP contribution in [0.2, 0.25) is 0 Å². The summed E-state index contributed by atoms with van der Waals surface area (Å²) in [6.45, 7) is 2.41. The Hall–Kier alpha value is -1.36. The van der Waals surface area contributed by atoms with E-state index in [1.165, 1.54) is 0 Å². The van der Waals surface area contributed by atoms with Crippen LogP contribution in [-0.2, 0) is 18.3 Å². The second-order valence-electron chi connectivity index (χ2n) is 5.04. The summed E-state index contributed by atoms with van der Waals surface area (Å²) in [6, 6.07) is 1.95. The maximum absolute atomic E-state index is 11.9. The van der Waals surface area contributed by atoms with Crippen molar-refractivity contribution in [3.63, 3.8) is 0 Å². The topological polar surface area (TPSA) is 72.9 Å². The van der Waals surface area contributed by atoms with Gasteiger partial charge in [-0.2, -0.15) is 5.10 Å². The molecule has 1 atom stereocenters. The van der Waals surface area contributed by atoms with Gasteiger partial charge in [0.05, 0.1) is 11.2 Å². The number of nitrogens with zero attached hydrogens (tertiary/aromatic N) is 2. The molecule has 1 amide bonds. The SMILES string of the molecule is Cn1ccc(CCNC(=O)C(C)(N)C2CC2)n1. The van der Waals surface area contributed by atoms with E-state index in [4.69, 9.17) is 5.73 Å². The van der Waals surface area contributed by atoms with Gasteiger partial charge in [0.1, 0.15) is 0 Å². The minimum Gasteiger partial charge on any atom is -0.354 e. The fourth-order valence-electron chi connectivity index (χ4n) is 1.96. The fourth-order valence-corrected chi connectivity index (χ4v) is 1.96. The third kappa shape index (κ3) is 2.85. The van der Waals surface area contributed by atoms with Gasteiger partial charge in [0.2, 0.25) is 5.91 Å². The lowest BCUT2D eigenvalue weighted by molar-refractivity contribution is -0.126. The van der Waals surface area contributed by atoms with E-state index in [9.17, 15) is 4.79 Å². The number of aromatic nitrogens is 2. The van der Waals surface area contributed by atoms with Gasteiger partial charge < -0.3 is 11.1 Å². The number of aryl methyl sites for hydroxylation is 1. The Bertz CT molecular complexity index is 406. The fraction of sp³-hybridized carbons (Fsp3) is 0.667. The minimum atomic E-state index is -0.704. The van der Waals surface area contributed by atoms with Crippen molar-refractivity contribution < 1.29 is 4.79 Å². The van der Waals surface area contributed by atoms with E-state index in [1.54, 1.807) is 4.68 Å². The molecule has 1 aliphatic carbocycles. The second-order valence-corrected chi connectivity index (χ2v) is 5.04. The molecular formula is C12H20N4O. The molecule has 1 aliphatic rings. The molecule has 3 N–H and O–H groups in total. The molecule has 0 spiro atoms. The van der Waals surface area contributed by atoms with E-state index >= 15 is 0 Å². The van der Waals surface area contributed by atoms with Crippen LogP contribution in [-0.4, -0.2) is 27.8 Å². The number of amides is 1. The van der Waals surface area contributed by atoms with Crippen molar-refractivity contribution in [1.29, 1.82) is 0 Å². The maximum atomic E-state index is 11.9. The molecule has 17 heavy (non-hydrogen) atoms. The third-order valence-electron chi connectivity index (χ3n) is 3.35. The molecule has 2 rings (SSSR count). The lowest BCUT2D eigenvalue weighted by Gasteiger charge is -2.22. The standard InChI is InChI=1S/C12H20N4O/c1-12(13,9-3-4-9)11(17)14-7-5-10-6-8-16(2)15-10/h6,8-9H,3-5,7,13H2,1-2H3,(H,14,17). The van der Waals surface area contributed by atoms with Crippen LogP contribution in [0.4, 0.5) is 0 Å². The van der Waals surface area contributed by atoms with Gasteiger partial charge in [-0.25, -0.2) is 0 Å². The normalized spacial score (nSPS) is 18.8. The van der Waals surface area contributed by atoms with E-state index in [0.29, 0.717) is 12.5 Å². The van der Waals surface area contributed by atoms with Crippen LogP contribution in [0.3, 0.4) is 0 Å². The highest BCUT2D eigenvalue weighted by atomic mass is 16.2. The first kappa shape index (κ1) is 12.1. The van der Waals surface area contributed by atoms with E-state index in [-0.39, 0.29) is 5.91 Å². The number of carbonyl (C=O) groups is 1. The molecule has 5 heteroatoms. The molecular weight excluding hydrogens is 216 g/mol. The van der Waals surface area contributed by atoms with Crippen molar-refractivity contribution in [2.24, 2.45) is 18.7 Å². The minimum absolute atomic E-state index is 0.0454. The monoisotopic (exact) mass is 236 g/mol. The Morgan fingerprint density at radius 3 is 2.94 bits per heavy atom. The van der Waals surface area contributed by atoms with Crippen molar-refractivity contribution in [3.8, 4) is 0 Å². The Morgan fingerprint density at radius 1 is 1.71 bits per heavy atom. The molecule has 1 fully saturated rings. The van der Waals surface area contributed by atoms with E-state index in [0.717, 1.165) is 25.0 Å². The van der Waals surface area contributed by atoms with Gasteiger partial charge in [-0.05, 0) is 31.7 Å². The molecule has 0 aromatic carbocycles. The molecule has 94 valence electrons. The summed E-state index contributed by atoms with van der Waals surface area (Å²) in [7, 11) is 1.88. The summed E-state index contributed by atoms with van der Waals surface area (Å²) in [5.41, 5.74) is 6.30. The van der Waals surface area contributed by atoms with Gasteiger partial charge in [-0.3, -0.25) is 9.48 Å². The van der Waals surface area contributed by atoms with Gasteiger partial charge in [-0.1, -0.05) is 0 Å².